The molecule has 2 aliphatic rings. The lowest BCUT2D eigenvalue weighted by Gasteiger charge is -2.20. The molecule has 5 rings (SSSR count). The minimum Gasteiger partial charge on any atom is -0.485 e. The van der Waals surface area contributed by atoms with E-state index < -0.39 is 0 Å². The molecule has 0 saturated heterocycles. The lowest BCUT2D eigenvalue weighted by molar-refractivity contribution is -0.0165. The van der Waals surface area contributed by atoms with Crippen LogP contribution in [0.5, 0.6) is 17.2 Å². The molecule has 3 aromatic carbocycles. The molecule has 6 nitrogen and oxygen atoms in total. The largest absolute Gasteiger partial charge is 0.485 e. The van der Waals surface area contributed by atoms with Gasteiger partial charge in [0.05, 0.1) is 12.2 Å². The van der Waals surface area contributed by atoms with Crippen LogP contribution in [-0.2, 0) is 11.3 Å². The number of fused-ring (bicyclic) bond motifs is 2. The van der Waals surface area contributed by atoms with Gasteiger partial charge in [0, 0.05) is 27.8 Å². The van der Waals surface area contributed by atoms with E-state index in [9.17, 15) is 9.59 Å². The molecule has 0 N–H and O–H groups in total. The van der Waals surface area contributed by atoms with Crippen molar-refractivity contribution in [2.45, 2.75) is 6.61 Å². The van der Waals surface area contributed by atoms with Crippen molar-refractivity contribution >= 4 is 29.2 Å². The molecule has 7 heteroatoms. The number of Topliss-reactive ketones (excluding diaryl/α,β-unsaturated/α-hetero) is 2. The van der Waals surface area contributed by atoms with Crippen LogP contribution in [0.2, 0.25) is 5.02 Å². The van der Waals surface area contributed by atoms with Crippen molar-refractivity contribution in [3.63, 3.8) is 0 Å². The van der Waals surface area contributed by atoms with E-state index in [4.69, 9.17) is 30.5 Å². The number of ether oxygens (including phenoxy) is 4. The smallest absolute Gasteiger partial charge is 0.231 e. The van der Waals surface area contributed by atoms with Gasteiger partial charge >= 0.3 is 0 Å². The fraction of sp³-hybridized carbons (Fsp3) is 0.120. The number of benzene rings is 3. The molecule has 2 heterocycles. The molecule has 160 valence electrons. The number of hydrogen-bond donors (Lipinski definition) is 0. The van der Waals surface area contributed by atoms with Crippen LogP contribution in [0.1, 0.15) is 31.8 Å². The topological polar surface area (TPSA) is 71.1 Å². The van der Waals surface area contributed by atoms with E-state index in [-0.39, 0.29) is 30.7 Å². The van der Waals surface area contributed by atoms with Gasteiger partial charge < -0.3 is 18.9 Å². The van der Waals surface area contributed by atoms with Crippen LogP contribution in [0.25, 0.3) is 6.08 Å². The summed E-state index contributed by atoms with van der Waals surface area (Å²) >= 11 is 6.21. The minimum absolute atomic E-state index is 0.118. The van der Waals surface area contributed by atoms with Gasteiger partial charge in [-0.2, -0.15) is 0 Å². The van der Waals surface area contributed by atoms with Crippen LogP contribution in [0, 0.1) is 0 Å². The summed E-state index contributed by atoms with van der Waals surface area (Å²) in [4.78, 5) is 25.1. The maximum atomic E-state index is 12.8. The zero-order valence-corrected chi connectivity index (χ0v) is 17.6. The highest BCUT2D eigenvalue weighted by Crippen LogP contribution is 2.38. The zero-order valence-electron chi connectivity index (χ0n) is 16.8. The van der Waals surface area contributed by atoms with Gasteiger partial charge in [-0.25, -0.2) is 0 Å². The third kappa shape index (κ3) is 3.98. The molecule has 0 radical (unpaired) electrons. The monoisotopic (exact) mass is 448 g/mol. The van der Waals surface area contributed by atoms with Gasteiger partial charge in [-0.05, 0) is 30.3 Å². The molecular formula is C25H17ClO6. The molecule has 0 aromatic heterocycles. The first-order chi connectivity index (χ1) is 15.6. The number of carbonyl (C=O) groups is 2. The van der Waals surface area contributed by atoms with Gasteiger partial charge in [0.2, 0.25) is 5.78 Å². The molecule has 0 spiro atoms. The number of allylic oxidation sites excluding steroid dienone is 1. The molecule has 32 heavy (non-hydrogen) atoms. The Labute approximate surface area is 188 Å². The second-order valence-corrected chi connectivity index (χ2v) is 7.71. The maximum Gasteiger partial charge on any atom is 0.231 e. The van der Waals surface area contributed by atoms with Crippen LogP contribution in [-0.4, -0.2) is 25.0 Å². The Hall–Kier alpha value is -3.61. The fourth-order valence-electron chi connectivity index (χ4n) is 3.57. The van der Waals surface area contributed by atoms with E-state index in [1.54, 1.807) is 60.7 Å². The number of rotatable bonds is 5. The summed E-state index contributed by atoms with van der Waals surface area (Å²) in [6.07, 6.45) is 1.61. The van der Waals surface area contributed by atoms with E-state index in [2.05, 4.69) is 0 Å². The number of ketones is 2. The van der Waals surface area contributed by atoms with Crippen molar-refractivity contribution in [3.05, 3.63) is 93.7 Å². The maximum absolute atomic E-state index is 12.8. The molecule has 0 fully saturated rings. The number of carbonyl (C=O) groups excluding carboxylic acids is 2. The van der Waals surface area contributed by atoms with Crippen molar-refractivity contribution in [2.24, 2.45) is 0 Å². The predicted molar refractivity (Wildman–Crippen MR) is 117 cm³/mol. The third-order valence-corrected chi connectivity index (χ3v) is 5.32. The van der Waals surface area contributed by atoms with E-state index in [1.165, 1.54) is 0 Å². The second-order valence-electron chi connectivity index (χ2n) is 7.27. The zero-order chi connectivity index (χ0) is 22.1. The Balaban J connectivity index is 1.35. The average molecular weight is 449 g/mol. The third-order valence-electron chi connectivity index (χ3n) is 5.10. The van der Waals surface area contributed by atoms with Crippen LogP contribution >= 0.6 is 11.6 Å². The van der Waals surface area contributed by atoms with E-state index in [1.807, 2.05) is 6.07 Å². The van der Waals surface area contributed by atoms with E-state index >= 15 is 0 Å². The molecule has 0 atom stereocenters. The van der Waals surface area contributed by atoms with Gasteiger partial charge in [-0.15, -0.1) is 0 Å². The Morgan fingerprint density at radius 3 is 2.78 bits per heavy atom. The molecule has 0 unspecified atom stereocenters. The van der Waals surface area contributed by atoms with Crippen LogP contribution in [0.15, 0.2) is 66.4 Å². The molecule has 0 aliphatic carbocycles. The van der Waals surface area contributed by atoms with Crippen LogP contribution < -0.4 is 14.2 Å². The summed E-state index contributed by atoms with van der Waals surface area (Å²) in [6, 6.07) is 17.3. The van der Waals surface area contributed by atoms with E-state index in [0.29, 0.717) is 45.6 Å². The summed E-state index contributed by atoms with van der Waals surface area (Å²) in [5.74, 6) is 1.17. The first-order valence-corrected chi connectivity index (χ1v) is 10.3. The highest BCUT2D eigenvalue weighted by Gasteiger charge is 2.29. The van der Waals surface area contributed by atoms with Crippen molar-refractivity contribution in [3.8, 4) is 17.2 Å². The average Bonchev–Trinajstić information content (AvgIpc) is 3.12. The van der Waals surface area contributed by atoms with Crippen molar-refractivity contribution in [2.75, 3.05) is 13.4 Å². The van der Waals surface area contributed by atoms with Crippen molar-refractivity contribution < 1.29 is 28.5 Å². The van der Waals surface area contributed by atoms with Crippen molar-refractivity contribution in [1.29, 1.82) is 0 Å². The van der Waals surface area contributed by atoms with Gasteiger partial charge in [0.25, 0.3) is 0 Å². The van der Waals surface area contributed by atoms with Crippen molar-refractivity contribution in [1.82, 2.24) is 0 Å². The van der Waals surface area contributed by atoms with Gasteiger partial charge in [-0.3, -0.25) is 9.59 Å². The molecule has 3 aromatic rings. The van der Waals surface area contributed by atoms with Crippen LogP contribution in [0.4, 0.5) is 0 Å². The highest BCUT2D eigenvalue weighted by molar-refractivity contribution is 6.31. The molecular weight excluding hydrogens is 432 g/mol. The summed E-state index contributed by atoms with van der Waals surface area (Å²) in [5.41, 5.74) is 2.43. The predicted octanol–water partition coefficient (Wildman–Crippen LogP) is 5.08. The van der Waals surface area contributed by atoms with Gasteiger partial charge in [-0.1, -0.05) is 41.9 Å². The SMILES string of the molecule is O=C(COc1ccc2c(c1)O/C(=C\c1cc(Cl)cc3c1OCOC3)C2=O)c1ccccc1. The number of hydrogen-bond acceptors (Lipinski definition) is 6. The lowest BCUT2D eigenvalue weighted by atomic mass is 10.1. The Bertz CT molecular complexity index is 1250. The Kier molecular flexibility index (Phi) is 5.39. The second kappa shape index (κ2) is 8.49. The Morgan fingerprint density at radius 2 is 1.94 bits per heavy atom. The normalized spacial score (nSPS) is 15.5. The quantitative estimate of drug-likeness (QED) is 0.400. The van der Waals surface area contributed by atoms with Gasteiger partial charge in [0.1, 0.15) is 17.2 Å². The molecule has 0 saturated carbocycles. The number of halogens is 1. The molecule has 2 aliphatic heterocycles. The fourth-order valence-corrected chi connectivity index (χ4v) is 3.82. The summed E-state index contributed by atoms with van der Waals surface area (Å²) in [6.45, 7) is 0.388. The summed E-state index contributed by atoms with van der Waals surface area (Å²) in [7, 11) is 0. The first-order valence-electron chi connectivity index (χ1n) is 9.91. The van der Waals surface area contributed by atoms with Crippen LogP contribution in [0.3, 0.4) is 0 Å². The Morgan fingerprint density at radius 1 is 1.09 bits per heavy atom. The molecule has 0 amide bonds. The minimum atomic E-state index is -0.257. The lowest BCUT2D eigenvalue weighted by Crippen LogP contribution is -2.12. The standard InChI is InChI=1S/C25H17ClO6/c26-18-8-16(25-17(9-18)12-29-14-31-25)10-23-24(28)20-7-6-19(11-22(20)32-23)30-13-21(27)15-4-2-1-3-5-15/h1-11H,12-14H2/b23-10-. The van der Waals surface area contributed by atoms with Gasteiger partial charge in [0.15, 0.2) is 24.9 Å². The summed E-state index contributed by atoms with van der Waals surface area (Å²) in [5, 5.41) is 0.506. The summed E-state index contributed by atoms with van der Waals surface area (Å²) < 4.78 is 22.3. The van der Waals surface area contributed by atoms with E-state index in [0.717, 1.165) is 5.56 Å². The highest BCUT2D eigenvalue weighted by atomic mass is 35.5. The molecule has 0 bridgehead atoms. The first kappa shape index (κ1) is 20.3.